The van der Waals surface area contributed by atoms with E-state index in [0.717, 1.165) is 23.6 Å². The van der Waals surface area contributed by atoms with E-state index in [1.54, 1.807) is 0 Å². The third kappa shape index (κ3) is 2.34. The molecule has 2 nitrogen and oxygen atoms in total. The van der Waals surface area contributed by atoms with Crippen molar-refractivity contribution in [2.24, 2.45) is 0 Å². The van der Waals surface area contributed by atoms with Crippen molar-refractivity contribution in [1.29, 1.82) is 0 Å². The van der Waals surface area contributed by atoms with Crippen molar-refractivity contribution >= 4 is 17.3 Å². The van der Waals surface area contributed by atoms with Crippen LogP contribution in [0.1, 0.15) is 30.1 Å². The third-order valence-corrected chi connectivity index (χ3v) is 3.63. The maximum atomic E-state index is 5.90. The molecule has 0 aliphatic heterocycles. The van der Waals surface area contributed by atoms with Crippen LogP contribution < -0.4 is 5.32 Å². The lowest BCUT2D eigenvalue weighted by Crippen LogP contribution is -2.18. The van der Waals surface area contributed by atoms with Gasteiger partial charge in [0.05, 0.1) is 11.7 Å². The molecule has 0 fully saturated rings. The highest BCUT2D eigenvalue weighted by atomic mass is 35.5. The molecule has 1 aromatic carbocycles. The molecule has 0 radical (unpaired) electrons. The number of fused-ring (bicyclic) bond motifs is 1. The summed E-state index contributed by atoms with van der Waals surface area (Å²) in [4.78, 5) is 4.53. The van der Waals surface area contributed by atoms with Crippen LogP contribution in [0.25, 0.3) is 0 Å². The summed E-state index contributed by atoms with van der Waals surface area (Å²) in [5.74, 6) is 0. The molecule has 2 aromatic rings. The average Bonchev–Trinajstić information content (AvgIpc) is 2.42. The minimum atomic E-state index is 0.316. The van der Waals surface area contributed by atoms with Gasteiger partial charge in [0, 0.05) is 16.9 Å². The van der Waals surface area contributed by atoms with Crippen molar-refractivity contribution in [3.8, 4) is 0 Å². The first-order chi connectivity index (χ1) is 8.83. The number of nitrogens with zero attached hydrogens (tertiary/aromatic N) is 1. The quantitative estimate of drug-likeness (QED) is 0.872. The maximum absolute atomic E-state index is 5.90. The molecule has 3 rings (SSSR count). The minimum absolute atomic E-state index is 0.316. The zero-order chi connectivity index (χ0) is 12.4. The van der Waals surface area contributed by atoms with Gasteiger partial charge in [-0.05, 0) is 55.2 Å². The Morgan fingerprint density at radius 1 is 1.17 bits per heavy atom. The summed E-state index contributed by atoms with van der Waals surface area (Å²) in [7, 11) is 0. The summed E-state index contributed by atoms with van der Waals surface area (Å²) in [5, 5.41) is 4.31. The van der Waals surface area contributed by atoms with Crippen LogP contribution in [0.2, 0.25) is 5.02 Å². The predicted octanol–water partition coefficient (Wildman–Crippen LogP) is 4.22. The monoisotopic (exact) mass is 258 g/mol. The first-order valence-corrected chi connectivity index (χ1v) is 6.66. The Kier molecular flexibility index (Phi) is 3.20. The van der Waals surface area contributed by atoms with E-state index in [1.165, 1.54) is 17.7 Å². The Morgan fingerprint density at radius 2 is 2.00 bits per heavy atom. The van der Waals surface area contributed by atoms with E-state index in [-0.39, 0.29) is 0 Å². The molecule has 1 N–H and O–H groups in total. The van der Waals surface area contributed by atoms with Gasteiger partial charge >= 0.3 is 0 Å². The van der Waals surface area contributed by atoms with Crippen LogP contribution in [-0.4, -0.2) is 4.98 Å². The summed E-state index contributed by atoms with van der Waals surface area (Å²) in [6.45, 7) is 0. The molecule has 3 heteroatoms. The Labute approximate surface area is 112 Å². The van der Waals surface area contributed by atoms with Crippen LogP contribution in [0.4, 0.5) is 5.69 Å². The number of benzene rings is 1. The number of aromatic nitrogens is 1. The maximum Gasteiger partial charge on any atom is 0.0688 e. The van der Waals surface area contributed by atoms with Crippen molar-refractivity contribution in [2.75, 3.05) is 5.32 Å². The first kappa shape index (κ1) is 11.5. The molecule has 0 saturated carbocycles. The highest BCUT2D eigenvalue weighted by Gasteiger charge is 2.20. The Hall–Kier alpha value is -1.54. The molecule has 0 saturated heterocycles. The van der Waals surface area contributed by atoms with Crippen LogP contribution in [0.15, 0.2) is 42.6 Å². The Balaban J connectivity index is 1.84. The lowest BCUT2D eigenvalue weighted by Gasteiger charge is -2.26. The highest BCUT2D eigenvalue weighted by molar-refractivity contribution is 6.30. The van der Waals surface area contributed by atoms with Crippen molar-refractivity contribution in [3.63, 3.8) is 0 Å². The van der Waals surface area contributed by atoms with Crippen LogP contribution in [0.3, 0.4) is 0 Å². The highest BCUT2D eigenvalue weighted by Crippen LogP contribution is 2.30. The second-order valence-corrected chi connectivity index (χ2v) is 5.08. The van der Waals surface area contributed by atoms with Gasteiger partial charge in [-0.1, -0.05) is 17.7 Å². The number of anilines is 1. The molecular formula is C15H15ClN2. The Morgan fingerprint density at radius 3 is 2.83 bits per heavy atom. The molecule has 18 heavy (non-hydrogen) atoms. The van der Waals surface area contributed by atoms with E-state index in [0.29, 0.717) is 6.04 Å². The van der Waals surface area contributed by atoms with Crippen molar-refractivity contribution in [2.45, 2.75) is 25.3 Å². The van der Waals surface area contributed by atoms with Gasteiger partial charge in [0.2, 0.25) is 0 Å². The summed E-state index contributed by atoms with van der Waals surface area (Å²) in [6, 6.07) is 12.4. The lowest BCUT2D eigenvalue weighted by atomic mass is 9.92. The van der Waals surface area contributed by atoms with Gasteiger partial charge < -0.3 is 5.32 Å². The largest absolute Gasteiger partial charge is 0.377 e. The zero-order valence-electron chi connectivity index (χ0n) is 10.1. The number of hydrogen-bond acceptors (Lipinski definition) is 2. The molecule has 1 atom stereocenters. The molecule has 92 valence electrons. The fraction of sp³-hybridized carbons (Fsp3) is 0.267. The first-order valence-electron chi connectivity index (χ1n) is 6.29. The van der Waals surface area contributed by atoms with E-state index >= 15 is 0 Å². The normalized spacial score (nSPS) is 18.2. The van der Waals surface area contributed by atoms with Gasteiger partial charge in [-0.15, -0.1) is 0 Å². The number of hydrogen-bond donors (Lipinski definition) is 1. The molecule has 1 aromatic heterocycles. The summed E-state index contributed by atoms with van der Waals surface area (Å²) in [6.07, 6.45) is 5.36. The van der Waals surface area contributed by atoms with E-state index in [4.69, 9.17) is 11.6 Å². The van der Waals surface area contributed by atoms with Crippen molar-refractivity contribution in [3.05, 3.63) is 58.9 Å². The molecule has 1 heterocycles. The van der Waals surface area contributed by atoms with Crippen LogP contribution >= 0.6 is 11.6 Å². The fourth-order valence-electron chi connectivity index (χ4n) is 2.50. The van der Waals surface area contributed by atoms with Crippen LogP contribution in [0.5, 0.6) is 0 Å². The van der Waals surface area contributed by atoms with Crippen LogP contribution in [-0.2, 0) is 6.42 Å². The zero-order valence-corrected chi connectivity index (χ0v) is 10.8. The number of rotatable bonds is 2. The van der Waals surface area contributed by atoms with Gasteiger partial charge in [0.25, 0.3) is 0 Å². The summed E-state index contributed by atoms with van der Waals surface area (Å²) in [5.41, 5.74) is 3.66. The van der Waals surface area contributed by atoms with E-state index in [2.05, 4.69) is 16.4 Å². The van der Waals surface area contributed by atoms with Crippen molar-refractivity contribution < 1.29 is 0 Å². The number of pyridine rings is 1. The van der Waals surface area contributed by atoms with E-state index in [9.17, 15) is 0 Å². The van der Waals surface area contributed by atoms with E-state index < -0.39 is 0 Å². The topological polar surface area (TPSA) is 24.9 Å². The second-order valence-electron chi connectivity index (χ2n) is 4.64. The molecule has 0 amide bonds. The molecule has 1 aliphatic carbocycles. The fourth-order valence-corrected chi connectivity index (χ4v) is 2.62. The lowest BCUT2D eigenvalue weighted by molar-refractivity contribution is 0.583. The number of nitrogens with one attached hydrogen (secondary N) is 1. The minimum Gasteiger partial charge on any atom is -0.377 e. The van der Waals surface area contributed by atoms with Gasteiger partial charge in [0.15, 0.2) is 0 Å². The second kappa shape index (κ2) is 4.99. The van der Waals surface area contributed by atoms with Gasteiger partial charge in [-0.2, -0.15) is 0 Å². The summed E-state index contributed by atoms with van der Waals surface area (Å²) >= 11 is 5.90. The SMILES string of the molecule is Clc1ccc(NC2CCCc3cccnc32)cc1. The number of aryl methyl sites for hydroxylation is 1. The smallest absolute Gasteiger partial charge is 0.0688 e. The Bertz CT molecular complexity index is 536. The third-order valence-electron chi connectivity index (χ3n) is 3.38. The predicted molar refractivity (Wildman–Crippen MR) is 75.0 cm³/mol. The molecule has 0 spiro atoms. The molecule has 0 bridgehead atoms. The summed E-state index contributed by atoms with van der Waals surface area (Å²) < 4.78 is 0. The van der Waals surface area contributed by atoms with Gasteiger partial charge in [-0.25, -0.2) is 0 Å². The van der Waals surface area contributed by atoms with Gasteiger partial charge in [-0.3, -0.25) is 4.98 Å². The van der Waals surface area contributed by atoms with Crippen molar-refractivity contribution in [1.82, 2.24) is 4.98 Å². The molecule has 1 unspecified atom stereocenters. The van der Waals surface area contributed by atoms with E-state index in [1.807, 2.05) is 36.5 Å². The van der Waals surface area contributed by atoms with Gasteiger partial charge in [0.1, 0.15) is 0 Å². The average molecular weight is 259 g/mol. The molecular weight excluding hydrogens is 244 g/mol. The number of halogens is 1. The van der Waals surface area contributed by atoms with Crippen LogP contribution in [0, 0.1) is 0 Å². The molecule has 1 aliphatic rings. The standard InChI is InChI=1S/C15H15ClN2/c16-12-6-8-13(9-7-12)18-14-5-1-3-11-4-2-10-17-15(11)14/h2,4,6-10,14,18H,1,3,5H2.